The van der Waals surface area contributed by atoms with Gasteiger partial charge in [0.25, 0.3) is 0 Å². The maximum absolute atomic E-state index is 12.5. The van der Waals surface area contributed by atoms with Gasteiger partial charge in [-0.15, -0.1) is 0 Å². The van der Waals surface area contributed by atoms with Gasteiger partial charge in [0.2, 0.25) is 11.8 Å². The van der Waals surface area contributed by atoms with Gasteiger partial charge in [0.05, 0.1) is 12.5 Å². The smallest absolute Gasteiger partial charge is 0.229 e. The van der Waals surface area contributed by atoms with Gasteiger partial charge in [-0.3, -0.25) is 9.59 Å². The third-order valence-corrected chi connectivity index (χ3v) is 4.56. The van der Waals surface area contributed by atoms with E-state index < -0.39 is 0 Å². The number of ether oxygens (including phenoxy) is 1. The molecule has 136 valence electrons. The van der Waals surface area contributed by atoms with E-state index in [-0.39, 0.29) is 24.2 Å². The van der Waals surface area contributed by atoms with Crippen LogP contribution in [-0.2, 0) is 16.0 Å². The molecule has 0 aromatic heterocycles. The summed E-state index contributed by atoms with van der Waals surface area (Å²) in [5.41, 5.74) is 2.75. The molecule has 0 spiro atoms. The van der Waals surface area contributed by atoms with Crippen molar-refractivity contribution in [3.05, 3.63) is 54.1 Å². The zero-order valence-corrected chi connectivity index (χ0v) is 15.2. The van der Waals surface area contributed by atoms with E-state index in [0.29, 0.717) is 18.8 Å². The van der Waals surface area contributed by atoms with Crippen LogP contribution < -0.4 is 15.0 Å². The molecule has 5 nitrogen and oxygen atoms in total. The van der Waals surface area contributed by atoms with E-state index in [0.717, 1.165) is 17.9 Å². The molecule has 1 aliphatic rings. The summed E-state index contributed by atoms with van der Waals surface area (Å²) in [6, 6.07) is 15.2. The van der Waals surface area contributed by atoms with Crippen molar-refractivity contribution < 1.29 is 14.3 Å². The Kier molecular flexibility index (Phi) is 5.56. The first-order valence-electron chi connectivity index (χ1n) is 9.03. The molecule has 1 unspecified atom stereocenters. The zero-order valence-electron chi connectivity index (χ0n) is 15.2. The number of hydrogen-bond donors (Lipinski definition) is 1. The highest BCUT2D eigenvalue weighted by Crippen LogP contribution is 2.27. The molecule has 0 radical (unpaired) electrons. The van der Waals surface area contributed by atoms with Crippen LogP contribution in [0.2, 0.25) is 0 Å². The Bertz CT molecular complexity index is 786. The number of carbonyl (C=O) groups is 2. The van der Waals surface area contributed by atoms with Gasteiger partial charge in [-0.2, -0.15) is 0 Å². The van der Waals surface area contributed by atoms with E-state index in [1.807, 2.05) is 55.5 Å². The minimum Gasteiger partial charge on any atom is -0.494 e. The van der Waals surface area contributed by atoms with Crippen molar-refractivity contribution in [2.45, 2.75) is 26.7 Å². The molecular weight excluding hydrogens is 328 g/mol. The lowest BCUT2D eigenvalue weighted by Crippen LogP contribution is -2.28. The van der Waals surface area contributed by atoms with E-state index in [1.54, 1.807) is 4.90 Å². The highest BCUT2D eigenvalue weighted by molar-refractivity contribution is 6.03. The van der Waals surface area contributed by atoms with E-state index in [2.05, 4.69) is 12.2 Å². The predicted octanol–water partition coefficient (Wildman–Crippen LogP) is 3.64. The van der Waals surface area contributed by atoms with Gasteiger partial charge in [0, 0.05) is 24.3 Å². The molecule has 1 heterocycles. The standard InChI is InChI=1S/C21H24N2O3/c1-3-15-6-5-7-18(12-15)23-14-16(13-20(23)24)21(25)22-17-8-10-19(11-9-17)26-4-2/h5-12,16H,3-4,13-14H2,1-2H3,(H,22,25). The lowest BCUT2D eigenvalue weighted by atomic mass is 10.1. The van der Waals surface area contributed by atoms with E-state index in [4.69, 9.17) is 4.74 Å². The van der Waals surface area contributed by atoms with E-state index in [1.165, 1.54) is 5.56 Å². The number of benzene rings is 2. The molecular formula is C21H24N2O3. The molecule has 3 rings (SSSR count). The van der Waals surface area contributed by atoms with Crippen LogP contribution in [-0.4, -0.2) is 25.0 Å². The monoisotopic (exact) mass is 352 g/mol. The van der Waals surface area contributed by atoms with Gasteiger partial charge in [0.1, 0.15) is 5.75 Å². The molecule has 26 heavy (non-hydrogen) atoms. The van der Waals surface area contributed by atoms with Crippen molar-refractivity contribution in [3.63, 3.8) is 0 Å². The molecule has 2 amide bonds. The van der Waals surface area contributed by atoms with E-state index in [9.17, 15) is 9.59 Å². The molecule has 2 aromatic rings. The molecule has 5 heteroatoms. The van der Waals surface area contributed by atoms with Gasteiger partial charge >= 0.3 is 0 Å². The average Bonchev–Trinajstić information content (AvgIpc) is 3.05. The Balaban J connectivity index is 1.64. The second-order valence-electron chi connectivity index (χ2n) is 6.38. The van der Waals surface area contributed by atoms with Crippen molar-refractivity contribution in [3.8, 4) is 5.75 Å². The zero-order chi connectivity index (χ0) is 18.5. The first kappa shape index (κ1) is 18.0. The molecule has 1 fully saturated rings. The summed E-state index contributed by atoms with van der Waals surface area (Å²) < 4.78 is 5.40. The van der Waals surface area contributed by atoms with Crippen molar-refractivity contribution in [2.75, 3.05) is 23.4 Å². The van der Waals surface area contributed by atoms with Crippen LogP contribution in [0.4, 0.5) is 11.4 Å². The van der Waals surface area contributed by atoms with Crippen LogP contribution >= 0.6 is 0 Å². The average molecular weight is 352 g/mol. The first-order valence-corrected chi connectivity index (χ1v) is 9.03. The molecule has 1 saturated heterocycles. The van der Waals surface area contributed by atoms with Gasteiger partial charge in [0.15, 0.2) is 0 Å². The molecule has 0 bridgehead atoms. The lowest BCUT2D eigenvalue weighted by Gasteiger charge is -2.17. The fraction of sp³-hybridized carbons (Fsp3) is 0.333. The van der Waals surface area contributed by atoms with Crippen LogP contribution in [0.25, 0.3) is 0 Å². The second kappa shape index (κ2) is 8.04. The summed E-state index contributed by atoms with van der Waals surface area (Å²) in [6.45, 7) is 5.02. The number of carbonyl (C=O) groups excluding carboxylic acids is 2. The topological polar surface area (TPSA) is 58.6 Å². The largest absolute Gasteiger partial charge is 0.494 e. The number of nitrogens with zero attached hydrogens (tertiary/aromatic N) is 1. The van der Waals surface area contributed by atoms with Crippen molar-refractivity contribution in [1.29, 1.82) is 0 Å². The number of aryl methyl sites for hydroxylation is 1. The van der Waals surface area contributed by atoms with Gasteiger partial charge < -0.3 is 15.0 Å². The summed E-state index contributed by atoms with van der Waals surface area (Å²) in [5.74, 6) is 0.282. The second-order valence-corrected chi connectivity index (χ2v) is 6.38. The molecule has 0 aliphatic carbocycles. The maximum atomic E-state index is 12.5. The molecule has 1 N–H and O–H groups in total. The summed E-state index contributed by atoms with van der Waals surface area (Å²) in [4.78, 5) is 26.6. The maximum Gasteiger partial charge on any atom is 0.229 e. The van der Waals surface area contributed by atoms with Crippen LogP contribution in [0, 0.1) is 5.92 Å². The van der Waals surface area contributed by atoms with Crippen LogP contribution in [0.1, 0.15) is 25.8 Å². The van der Waals surface area contributed by atoms with Crippen LogP contribution in [0.5, 0.6) is 5.75 Å². The van der Waals surface area contributed by atoms with Crippen molar-refractivity contribution in [2.24, 2.45) is 5.92 Å². The molecule has 2 aromatic carbocycles. The minimum atomic E-state index is -0.348. The normalized spacial score (nSPS) is 16.6. The summed E-state index contributed by atoms with van der Waals surface area (Å²) in [6.07, 6.45) is 1.15. The van der Waals surface area contributed by atoms with Gasteiger partial charge in [-0.1, -0.05) is 19.1 Å². The molecule has 0 saturated carbocycles. The molecule has 1 aliphatic heterocycles. The number of amides is 2. The summed E-state index contributed by atoms with van der Waals surface area (Å²) in [5, 5.41) is 2.89. The predicted molar refractivity (Wildman–Crippen MR) is 103 cm³/mol. The molecule has 1 atom stereocenters. The number of anilines is 2. The van der Waals surface area contributed by atoms with Gasteiger partial charge in [-0.25, -0.2) is 0 Å². The fourth-order valence-electron chi connectivity index (χ4n) is 3.12. The highest BCUT2D eigenvalue weighted by atomic mass is 16.5. The third-order valence-electron chi connectivity index (χ3n) is 4.56. The summed E-state index contributed by atoms with van der Waals surface area (Å²) >= 11 is 0. The van der Waals surface area contributed by atoms with Crippen LogP contribution in [0.15, 0.2) is 48.5 Å². The quantitative estimate of drug-likeness (QED) is 0.863. The van der Waals surface area contributed by atoms with E-state index >= 15 is 0 Å². The fourth-order valence-corrected chi connectivity index (χ4v) is 3.12. The highest BCUT2D eigenvalue weighted by Gasteiger charge is 2.35. The third kappa shape index (κ3) is 4.04. The van der Waals surface area contributed by atoms with Crippen LogP contribution in [0.3, 0.4) is 0 Å². The Morgan fingerprint density at radius 1 is 1.19 bits per heavy atom. The number of rotatable bonds is 6. The Labute approximate surface area is 154 Å². The number of nitrogens with one attached hydrogen (secondary N) is 1. The number of hydrogen-bond acceptors (Lipinski definition) is 3. The van der Waals surface area contributed by atoms with Crippen molar-refractivity contribution in [1.82, 2.24) is 0 Å². The SMILES string of the molecule is CCOc1ccc(NC(=O)C2CC(=O)N(c3cccc(CC)c3)C2)cc1. The Hall–Kier alpha value is -2.82. The summed E-state index contributed by atoms with van der Waals surface area (Å²) in [7, 11) is 0. The Morgan fingerprint density at radius 2 is 1.96 bits per heavy atom. The van der Waals surface area contributed by atoms with Crippen molar-refractivity contribution >= 4 is 23.2 Å². The first-order chi connectivity index (χ1) is 12.6. The minimum absolute atomic E-state index is 0.00917. The van der Waals surface area contributed by atoms with Gasteiger partial charge in [-0.05, 0) is 55.3 Å². The lowest BCUT2D eigenvalue weighted by molar-refractivity contribution is -0.122. The Morgan fingerprint density at radius 3 is 2.65 bits per heavy atom.